The van der Waals surface area contributed by atoms with E-state index in [4.69, 9.17) is 14.0 Å². The molecule has 112 valence electrons. The second kappa shape index (κ2) is 5.13. The Morgan fingerprint density at radius 1 is 1.00 bits per heavy atom. The van der Waals surface area contributed by atoms with Crippen molar-refractivity contribution in [3.05, 3.63) is 28.7 Å². The third-order valence-electron chi connectivity index (χ3n) is 4.08. The molecule has 3 nitrogen and oxygen atoms in total. The summed E-state index contributed by atoms with van der Waals surface area (Å²) in [6, 6.07) is 7.94. The van der Waals surface area contributed by atoms with Gasteiger partial charge < -0.3 is 14.0 Å². The van der Waals surface area contributed by atoms with Crippen LogP contribution in [-0.4, -0.2) is 24.1 Å². The van der Waals surface area contributed by atoms with Gasteiger partial charge in [0.2, 0.25) is 0 Å². The minimum Gasteiger partial charge on any atom is -0.539 e. The lowest BCUT2D eigenvalue weighted by Crippen LogP contribution is -2.55. The van der Waals surface area contributed by atoms with Crippen molar-refractivity contribution in [3.63, 3.8) is 0 Å². The molecule has 1 fully saturated rings. The van der Waals surface area contributed by atoms with E-state index in [-0.39, 0.29) is 6.10 Å². The predicted octanol–water partition coefficient (Wildman–Crippen LogP) is 3.62. The van der Waals surface area contributed by atoms with Crippen LogP contribution in [0.15, 0.2) is 28.7 Å². The van der Waals surface area contributed by atoms with Crippen LogP contribution in [0.2, 0.25) is 0 Å². The number of hydrogen-bond acceptors (Lipinski definition) is 3. The van der Waals surface area contributed by atoms with Crippen molar-refractivity contribution in [2.45, 2.75) is 58.8 Å². The number of halogens is 1. The van der Waals surface area contributed by atoms with Gasteiger partial charge in [0.1, 0.15) is 0 Å². The van der Waals surface area contributed by atoms with E-state index in [1.165, 1.54) is 0 Å². The van der Waals surface area contributed by atoms with Gasteiger partial charge in [-0.3, -0.25) is 0 Å². The summed E-state index contributed by atoms with van der Waals surface area (Å²) >= 11 is 3.45. The van der Waals surface area contributed by atoms with Crippen molar-refractivity contribution in [1.29, 1.82) is 0 Å². The molecule has 1 aromatic rings. The van der Waals surface area contributed by atoms with Gasteiger partial charge in [-0.05, 0) is 41.5 Å². The molecule has 0 aliphatic carbocycles. The van der Waals surface area contributed by atoms with Crippen molar-refractivity contribution in [2.24, 2.45) is 0 Å². The lowest BCUT2D eigenvalue weighted by Gasteiger charge is -2.40. The maximum Gasteiger partial charge on any atom is 0.410 e. The Labute approximate surface area is 130 Å². The van der Waals surface area contributed by atoms with Gasteiger partial charge in [-0.1, -0.05) is 40.2 Å². The molecule has 0 radical (unpaired) electrons. The quantitative estimate of drug-likeness (QED) is 0.786. The fraction of sp³-hybridized carbons (Fsp3) is 0.600. The van der Waals surface area contributed by atoms with Crippen molar-refractivity contribution < 1.29 is 14.0 Å². The zero-order chi connectivity index (χ0) is 15.2. The van der Waals surface area contributed by atoms with E-state index in [0.717, 1.165) is 9.94 Å². The van der Waals surface area contributed by atoms with E-state index in [1.807, 2.05) is 65.8 Å². The Bertz CT molecular complexity index is 466. The van der Waals surface area contributed by atoms with E-state index in [0.29, 0.717) is 0 Å². The van der Waals surface area contributed by atoms with E-state index in [9.17, 15) is 0 Å². The molecule has 0 atom stereocenters. The molecule has 1 saturated heterocycles. The van der Waals surface area contributed by atoms with Crippen LogP contribution in [0.1, 0.15) is 41.5 Å². The highest BCUT2D eigenvalue weighted by Crippen LogP contribution is 2.42. The maximum atomic E-state index is 6.29. The zero-order valence-electron chi connectivity index (χ0n) is 13.1. The summed E-state index contributed by atoms with van der Waals surface area (Å²) in [7, 11) is 0. The molecule has 20 heavy (non-hydrogen) atoms. The van der Waals surface area contributed by atoms with Gasteiger partial charge in [0.05, 0.1) is 0 Å². The van der Waals surface area contributed by atoms with Gasteiger partial charge in [0.15, 0.2) is 0 Å². The molecule has 2 rings (SSSR count). The summed E-state index contributed by atoms with van der Waals surface area (Å²) < 4.78 is 19.7. The fourth-order valence-corrected chi connectivity index (χ4v) is 2.67. The highest BCUT2D eigenvalue weighted by molar-refractivity contribution is 9.10. The third kappa shape index (κ3) is 2.82. The smallest absolute Gasteiger partial charge is 0.410 e. The third-order valence-corrected chi connectivity index (χ3v) is 4.61. The molecule has 0 bridgehead atoms. The van der Waals surface area contributed by atoms with Crippen LogP contribution in [0.5, 0.6) is 0 Å². The monoisotopic (exact) mass is 341 g/mol. The van der Waals surface area contributed by atoms with Crippen LogP contribution < -0.4 is 5.46 Å². The Morgan fingerprint density at radius 2 is 1.45 bits per heavy atom. The van der Waals surface area contributed by atoms with Crippen LogP contribution in [-0.2, 0) is 14.0 Å². The SMILES string of the molecule is CC(C)O[B-]1(c2ccc(Br)cc2)OC(C)(C)C(C)(C)O1. The van der Waals surface area contributed by atoms with Gasteiger partial charge >= 0.3 is 6.75 Å². The Kier molecular flexibility index (Phi) is 4.11. The molecule has 0 saturated carbocycles. The zero-order valence-corrected chi connectivity index (χ0v) is 14.7. The molecule has 1 aliphatic heterocycles. The molecular weight excluding hydrogens is 319 g/mol. The van der Waals surface area contributed by atoms with E-state index in [1.54, 1.807) is 0 Å². The molecule has 1 heterocycles. The van der Waals surface area contributed by atoms with Crippen molar-refractivity contribution >= 4 is 28.1 Å². The highest BCUT2D eigenvalue weighted by Gasteiger charge is 2.53. The molecule has 1 aliphatic rings. The first-order chi connectivity index (χ1) is 9.08. The first-order valence-corrected chi connectivity index (χ1v) is 7.85. The van der Waals surface area contributed by atoms with Gasteiger partial charge in [0, 0.05) is 21.8 Å². The molecule has 0 aromatic heterocycles. The average Bonchev–Trinajstić information content (AvgIpc) is 2.44. The summed E-state index contributed by atoms with van der Waals surface area (Å²) in [5.74, 6) is 0. The lowest BCUT2D eigenvalue weighted by molar-refractivity contribution is 0.00578. The molecule has 0 N–H and O–H groups in total. The number of hydrogen-bond donors (Lipinski definition) is 0. The fourth-order valence-electron chi connectivity index (χ4n) is 2.41. The first-order valence-electron chi connectivity index (χ1n) is 7.05. The molecule has 0 unspecified atom stereocenters. The van der Waals surface area contributed by atoms with E-state index in [2.05, 4.69) is 15.9 Å². The van der Waals surface area contributed by atoms with E-state index >= 15 is 0 Å². The maximum absolute atomic E-state index is 6.29. The Balaban J connectivity index is 2.46. The molecule has 0 amide bonds. The topological polar surface area (TPSA) is 27.7 Å². The lowest BCUT2D eigenvalue weighted by atomic mass is 9.69. The normalized spacial score (nSPS) is 23.2. The van der Waals surface area contributed by atoms with Gasteiger partial charge in [-0.25, -0.2) is 0 Å². The Hall–Kier alpha value is -0.355. The van der Waals surface area contributed by atoms with Crippen LogP contribution >= 0.6 is 15.9 Å². The van der Waals surface area contributed by atoms with Crippen LogP contribution in [0.3, 0.4) is 0 Å². The van der Waals surface area contributed by atoms with Gasteiger partial charge in [-0.2, -0.15) is 0 Å². The van der Waals surface area contributed by atoms with Gasteiger partial charge in [-0.15, -0.1) is 5.46 Å². The van der Waals surface area contributed by atoms with Gasteiger partial charge in [0.25, 0.3) is 0 Å². The number of rotatable bonds is 3. The van der Waals surface area contributed by atoms with Crippen molar-refractivity contribution in [1.82, 2.24) is 0 Å². The molecule has 1 aromatic carbocycles. The second-order valence-electron chi connectivity index (χ2n) is 6.63. The molecular formula is C15H23BBrO3-. The molecule has 5 heteroatoms. The van der Waals surface area contributed by atoms with E-state index < -0.39 is 18.0 Å². The highest BCUT2D eigenvalue weighted by atomic mass is 79.9. The summed E-state index contributed by atoms with van der Waals surface area (Å²) in [6.45, 7) is 10.2. The summed E-state index contributed by atoms with van der Waals surface area (Å²) in [6.07, 6.45) is 0.0170. The first kappa shape index (κ1) is 16.0. The predicted molar refractivity (Wildman–Crippen MR) is 86.1 cm³/mol. The largest absolute Gasteiger partial charge is 0.539 e. The number of benzene rings is 1. The Morgan fingerprint density at radius 3 is 1.85 bits per heavy atom. The summed E-state index contributed by atoms with van der Waals surface area (Å²) in [5, 5.41) is 0. The minimum absolute atomic E-state index is 0.0170. The standard InChI is InChI=1S/C15H23BBrO3/c1-11(2)18-16(12-7-9-13(17)10-8-12)19-14(3,4)15(5,6)20-16/h7-11H,1-6H3/q-1. The van der Waals surface area contributed by atoms with Crippen LogP contribution in [0, 0.1) is 0 Å². The molecule has 0 spiro atoms. The average molecular weight is 342 g/mol. The van der Waals surface area contributed by atoms with Crippen molar-refractivity contribution in [2.75, 3.05) is 0 Å². The minimum atomic E-state index is -1.93. The van der Waals surface area contributed by atoms with Crippen LogP contribution in [0.25, 0.3) is 0 Å². The summed E-state index contributed by atoms with van der Waals surface area (Å²) in [4.78, 5) is 0. The summed E-state index contributed by atoms with van der Waals surface area (Å²) in [5.41, 5.74) is 0.0877. The van der Waals surface area contributed by atoms with Crippen LogP contribution in [0.4, 0.5) is 0 Å². The van der Waals surface area contributed by atoms with Crippen molar-refractivity contribution in [3.8, 4) is 0 Å². The second-order valence-corrected chi connectivity index (χ2v) is 7.55.